The number of aliphatic hydroxyl groups excluding tert-OH is 1. The third kappa shape index (κ3) is 3.06. The van der Waals surface area contributed by atoms with Gasteiger partial charge < -0.3 is 9.84 Å². The first-order chi connectivity index (χ1) is 5.84. The van der Waals surface area contributed by atoms with Gasteiger partial charge in [0.05, 0.1) is 26.9 Å². The molecule has 1 aromatic rings. The van der Waals surface area contributed by atoms with Crippen molar-refractivity contribution in [1.82, 2.24) is 10.2 Å². The summed E-state index contributed by atoms with van der Waals surface area (Å²) >= 11 is 0. The fraction of sp³-hybridized carbons (Fsp3) is 0.429. The number of aromatic nitrogens is 2. The van der Waals surface area contributed by atoms with Crippen molar-refractivity contribution in [1.29, 1.82) is 0 Å². The van der Waals surface area contributed by atoms with E-state index in [0.29, 0.717) is 11.7 Å². The Morgan fingerprint density at radius 3 is 3.36 bits per heavy atom. The molecule has 0 aliphatic carbocycles. The average molecular weight is 155 g/mol. The van der Waals surface area contributed by atoms with Gasteiger partial charge in [-0.15, -0.1) is 0 Å². The highest BCUT2D eigenvalue weighted by molar-refractivity contribution is 4.96. The van der Waals surface area contributed by atoms with Gasteiger partial charge in [-0.25, -0.2) is 0 Å². The van der Waals surface area contributed by atoms with E-state index >= 15 is 0 Å². The van der Waals surface area contributed by atoms with Gasteiger partial charge in [0.25, 0.3) is 0 Å². The summed E-state index contributed by atoms with van der Waals surface area (Å²) in [6.07, 6.45) is 1.46. The Bertz CT molecular complexity index is 245. The first kappa shape index (κ1) is 6.69. The van der Waals surface area contributed by atoms with Crippen LogP contribution in [0.2, 0.25) is 0 Å². The van der Waals surface area contributed by atoms with E-state index in [1.54, 1.807) is 6.07 Å². The Kier molecular flexibility index (Phi) is 2.90. The molecule has 0 unspecified atom stereocenters. The van der Waals surface area contributed by atoms with Crippen molar-refractivity contribution in [2.75, 3.05) is 13.2 Å². The van der Waals surface area contributed by atoms with Gasteiger partial charge in [0.2, 0.25) is 0 Å². The fourth-order valence-corrected chi connectivity index (χ4v) is 0.603. The summed E-state index contributed by atoms with van der Waals surface area (Å²) in [5.41, 5.74) is 0.492. The molecule has 0 radical (unpaired) electrons. The van der Waals surface area contributed by atoms with Crippen LogP contribution in [0.25, 0.3) is 0 Å². The molecule has 11 heavy (non-hydrogen) atoms. The fourth-order valence-electron chi connectivity index (χ4n) is 0.603. The maximum atomic E-state index is 8.41. The molecule has 1 rings (SSSR count). The number of ether oxygens (including phenoxy) is 1. The Hall–Kier alpha value is -1.00. The number of hydrogen-bond donors (Lipinski definition) is 1. The lowest BCUT2D eigenvalue weighted by Crippen LogP contribution is -2.01. The molecule has 4 heteroatoms. The van der Waals surface area contributed by atoms with Gasteiger partial charge in [-0.3, -0.25) is 0 Å². The summed E-state index contributed by atoms with van der Waals surface area (Å²) in [5, 5.41) is 15.7. The van der Waals surface area contributed by atoms with Crippen LogP contribution in [-0.2, 0) is 11.3 Å². The molecular formula is C7H10N2O2. The second-order valence-electron chi connectivity index (χ2n) is 1.90. The summed E-state index contributed by atoms with van der Waals surface area (Å²) in [6.45, 7) is 0.469. The van der Waals surface area contributed by atoms with E-state index in [-0.39, 0.29) is 19.8 Å². The van der Waals surface area contributed by atoms with Crippen LogP contribution in [0.15, 0.2) is 18.3 Å². The van der Waals surface area contributed by atoms with Gasteiger partial charge in [-0.2, -0.15) is 10.2 Å². The van der Waals surface area contributed by atoms with E-state index in [4.69, 9.17) is 11.2 Å². The zero-order chi connectivity index (χ0) is 8.81. The highest BCUT2D eigenvalue weighted by atomic mass is 16.5. The van der Waals surface area contributed by atoms with Crippen molar-refractivity contribution in [3.05, 3.63) is 24.0 Å². The number of rotatable bonds is 4. The van der Waals surface area contributed by atoms with Crippen molar-refractivity contribution < 1.29 is 11.2 Å². The summed E-state index contributed by atoms with van der Waals surface area (Å²) in [7, 11) is 0. The Labute approximate surface area is 66.2 Å². The molecule has 0 fully saturated rings. The van der Waals surface area contributed by atoms with E-state index in [0.717, 1.165) is 0 Å². The normalized spacial score (nSPS) is 11.2. The van der Waals surface area contributed by atoms with Crippen molar-refractivity contribution >= 4 is 0 Å². The van der Waals surface area contributed by atoms with Crippen LogP contribution >= 0.6 is 0 Å². The first-order valence-corrected chi connectivity index (χ1v) is 3.30. The quantitative estimate of drug-likeness (QED) is 0.621. The second-order valence-corrected chi connectivity index (χ2v) is 1.90. The van der Waals surface area contributed by atoms with Crippen molar-refractivity contribution in [2.45, 2.75) is 6.61 Å². The predicted molar refractivity (Wildman–Crippen MR) is 38.8 cm³/mol. The summed E-state index contributed by atoms with van der Waals surface area (Å²) in [5.74, 6) is 0. The molecule has 1 aromatic heterocycles. The van der Waals surface area contributed by atoms with Gasteiger partial charge in [0.1, 0.15) is 0 Å². The third-order valence-electron chi connectivity index (χ3n) is 1.04. The maximum absolute atomic E-state index is 8.41. The SMILES string of the molecule is [2H]c1ccnnc1COCCO. The van der Waals surface area contributed by atoms with Gasteiger partial charge >= 0.3 is 0 Å². The molecule has 0 aliphatic rings. The summed E-state index contributed by atoms with van der Waals surface area (Å²) < 4.78 is 12.3. The topological polar surface area (TPSA) is 55.2 Å². The van der Waals surface area contributed by atoms with Gasteiger partial charge in [-0.1, -0.05) is 0 Å². The standard InChI is InChI=1S/C7H10N2O2/c10-4-5-11-6-7-2-1-3-8-9-7/h1-3,10H,4-6H2/i2D. The monoisotopic (exact) mass is 155 g/mol. The minimum atomic E-state index is -0.0202. The highest BCUT2D eigenvalue weighted by Crippen LogP contribution is 1.92. The third-order valence-corrected chi connectivity index (χ3v) is 1.04. The van der Waals surface area contributed by atoms with Crippen LogP contribution in [0.5, 0.6) is 0 Å². The Balaban J connectivity index is 2.46. The zero-order valence-electron chi connectivity index (χ0n) is 7.03. The van der Waals surface area contributed by atoms with Gasteiger partial charge in [0.15, 0.2) is 0 Å². The molecule has 0 atom stereocenters. The zero-order valence-corrected chi connectivity index (χ0v) is 6.03. The minimum absolute atomic E-state index is 0.0202. The number of nitrogens with zero attached hydrogens (tertiary/aromatic N) is 2. The van der Waals surface area contributed by atoms with E-state index in [2.05, 4.69) is 10.2 Å². The number of aliphatic hydroxyl groups is 1. The first-order valence-electron chi connectivity index (χ1n) is 3.80. The highest BCUT2D eigenvalue weighted by Gasteiger charge is 1.91. The van der Waals surface area contributed by atoms with E-state index in [1.165, 1.54) is 6.20 Å². The molecule has 0 saturated carbocycles. The molecule has 0 bridgehead atoms. The van der Waals surface area contributed by atoms with E-state index < -0.39 is 0 Å². The lowest BCUT2D eigenvalue weighted by atomic mass is 10.4. The van der Waals surface area contributed by atoms with Crippen LogP contribution in [0.3, 0.4) is 0 Å². The summed E-state index contributed by atoms with van der Waals surface area (Å²) in [6, 6.07) is 1.85. The molecule has 0 saturated heterocycles. The Morgan fingerprint density at radius 2 is 2.64 bits per heavy atom. The van der Waals surface area contributed by atoms with Crippen LogP contribution in [0.4, 0.5) is 0 Å². The molecule has 0 spiro atoms. The molecule has 1 N–H and O–H groups in total. The number of hydrogen-bond acceptors (Lipinski definition) is 4. The van der Waals surface area contributed by atoms with Crippen LogP contribution < -0.4 is 0 Å². The molecule has 0 aromatic carbocycles. The molecular weight excluding hydrogens is 144 g/mol. The second kappa shape index (κ2) is 4.76. The maximum Gasteiger partial charge on any atom is 0.0907 e. The molecule has 0 aliphatic heterocycles. The van der Waals surface area contributed by atoms with Crippen LogP contribution in [-0.4, -0.2) is 28.5 Å². The minimum Gasteiger partial charge on any atom is -0.394 e. The lowest BCUT2D eigenvalue weighted by molar-refractivity contribution is 0.0793. The van der Waals surface area contributed by atoms with E-state index in [9.17, 15) is 0 Å². The predicted octanol–water partition coefficient (Wildman–Crippen LogP) is -0.0145. The Morgan fingerprint density at radius 1 is 1.73 bits per heavy atom. The average Bonchev–Trinajstić information content (AvgIpc) is 2.09. The van der Waals surface area contributed by atoms with Crippen LogP contribution in [0.1, 0.15) is 7.06 Å². The molecule has 0 amide bonds. The molecule has 4 nitrogen and oxygen atoms in total. The van der Waals surface area contributed by atoms with Crippen LogP contribution in [0, 0.1) is 0 Å². The molecule has 1 heterocycles. The van der Waals surface area contributed by atoms with Crippen molar-refractivity contribution in [2.24, 2.45) is 0 Å². The lowest BCUT2D eigenvalue weighted by Gasteiger charge is -1.98. The van der Waals surface area contributed by atoms with Gasteiger partial charge in [-0.05, 0) is 12.1 Å². The van der Waals surface area contributed by atoms with Gasteiger partial charge in [0, 0.05) is 6.20 Å². The van der Waals surface area contributed by atoms with Crippen molar-refractivity contribution in [3.8, 4) is 0 Å². The smallest absolute Gasteiger partial charge is 0.0907 e. The summed E-state index contributed by atoms with van der Waals surface area (Å²) in [4.78, 5) is 0. The molecule has 60 valence electrons. The van der Waals surface area contributed by atoms with Crippen molar-refractivity contribution in [3.63, 3.8) is 0 Å². The van der Waals surface area contributed by atoms with E-state index in [1.807, 2.05) is 0 Å². The largest absolute Gasteiger partial charge is 0.394 e.